The fourth-order valence-corrected chi connectivity index (χ4v) is 6.66. The molecule has 12 nitrogen and oxygen atoms in total. The third kappa shape index (κ3) is 6.95. The lowest BCUT2D eigenvalue weighted by Gasteiger charge is -2.33. The Labute approximate surface area is 254 Å². The number of aromatic nitrogens is 4. The number of imidazole rings is 1. The summed E-state index contributed by atoms with van der Waals surface area (Å²) in [7, 11) is 1.34. The number of rotatable bonds is 10. The number of hydrogen-bond acceptors (Lipinski definition) is 11. The maximum Gasteiger partial charge on any atom is 0.328 e. The van der Waals surface area contributed by atoms with Gasteiger partial charge in [-0.25, -0.2) is 24.5 Å². The number of piperidine rings is 1. The fourth-order valence-electron chi connectivity index (χ4n) is 4.83. The van der Waals surface area contributed by atoms with Gasteiger partial charge in [-0.2, -0.15) is 11.8 Å². The monoisotopic (exact) mass is 665 g/mol. The lowest BCUT2D eigenvalue weighted by atomic mass is 9.93. The molecule has 0 aliphatic carbocycles. The summed E-state index contributed by atoms with van der Waals surface area (Å²) >= 11 is 6.62. The lowest BCUT2D eigenvalue weighted by molar-refractivity contribution is -0.142. The minimum Gasteiger partial charge on any atom is -0.467 e. The van der Waals surface area contributed by atoms with E-state index in [2.05, 4.69) is 31.2 Å². The Bertz CT molecular complexity index is 1370. The third-order valence-electron chi connectivity index (χ3n) is 7.17. The molecule has 0 bridgehead atoms. The van der Waals surface area contributed by atoms with Crippen LogP contribution in [0.2, 0.25) is 0 Å². The molecule has 0 spiro atoms. The summed E-state index contributed by atoms with van der Waals surface area (Å²) in [5.74, 6) is 3.19. The molecule has 41 heavy (non-hydrogen) atoms. The van der Waals surface area contributed by atoms with Crippen molar-refractivity contribution in [3.8, 4) is 23.0 Å². The number of ether oxygens (including phenoxy) is 3. The molecule has 1 aromatic rings. The predicted octanol–water partition coefficient (Wildman–Crippen LogP) is 4.11. The number of nitrogens with one attached hydrogen (secondary N) is 1. The van der Waals surface area contributed by atoms with Gasteiger partial charge >= 0.3 is 12.0 Å². The van der Waals surface area contributed by atoms with Crippen molar-refractivity contribution >= 4 is 57.3 Å². The molecule has 1 aromatic carbocycles. The summed E-state index contributed by atoms with van der Waals surface area (Å²) in [5, 5.41) is 3.41. The highest BCUT2D eigenvalue weighted by Crippen LogP contribution is 2.43. The number of fused-ring (bicyclic) bond motifs is 2. The normalized spacial score (nSPS) is 15.7. The maximum absolute atomic E-state index is 12.8. The van der Waals surface area contributed by atoms with E-state index in [1.165, 1.54) is 18.9 Å². The van der Waals surface area contributed by atoms with E-state index in [1.54, 1.807) is 23.0 Å². The molecule has 1 saturated heterocycles. The van der Waals surface area contributed by atoms with Gasteiger partial charge in [0.2, 0.25) is 6.79 Å². The van der Waals surface area contributed by atoms with Crippen LogP contribution in [0.15, 0.2) is 33.0 Å². The number of anilines is 1. The molecule has 3 N–H and O–H groups in total. The molecule has 2 amide bonds. The molecule has 0 saturated carbocycles. The number of aryl methyl sites for hydroxylation is 1. The first-order chi connectivity index (χ1) is 19.9. The molecule has 4 aliphatic rings. The smallest absolute Gasteiger partial charge is 0.328 e. The minimum atomic E-state index is -0.630. The van der Waals surface area contributed by atoms with Crippen LogP contribution in [-0.4, -0.2) is 81.5 Å². The zero-order valence-electron chi connectivity index (χ0n) is 22.8. The summed E-state index contributed by atoms with van der Waals surface area (Å²) in [5.41, 5.74) is 6.72. The number of nitrogens with zero attached hydrogens (tertiary/aromatic N) is 5. The fraction of sp³-hybridized carbons (Fsp3) is 0.500. The Morgan fingerprint density at radius 3 is 2.73 bits per heavy atom. The second-order valence-electron chi connectivity index (χ2n) is 9.77. The molecule has 220 valence electrons. The Balaban J connectivity index is 1.18. The summed E-state index contributed by atoms with van der Waals surface area (Å²) < 4.78 is 18.7. The van der Waals surface area contributed by atoms with Crippen molar-refractivity contribution in [2.24, 2.45) is 5.92 Å². The lowest BCUT2D eigenvalue weighted by Crippen LogP contribution is -2.50. The highest BCUT2D eigenvalue weighted by Gasteiger charge is 2.28. The van der Waals surface area contributed by atoms with Gasteiger partial charge in [0, 0.05) is 29.0 Å². The van der Waals surface area contributed by atoms with E-state index in [1.807, 2.05) is 23.0 Å². The number of thioether (sulfide) groups is 1. The van der Waals surface area contributed by atoms with Gasteiger partial charge in [0.1, 0.15) is 6.04 Å². The largest absolute Gasteiger partial charge is 0.467 e. The summed E-state index contributed by atoms with van der Waals surface area (Å²) in [6, 6.07) is 2.93. The Hall–Kier alpha value is -2.91. The molecular weight excluding hydrogens is 634 g/mol. The van der Waals surface area contributed by atoms with E-state index in [4.69, 9.17) is 24.9 Å². The Morgan fingerprint density at radius 1 is 1.24 bits per heavy atom. The summed E-state index contributed by atoms with van der Waals surface area (Å²) in [6.07, 6.45) is 6.87. The molecule has 1 fully saturated rings. The first-order valence-corrected chi connectivity index (χ1v) is 16.2. The zero-order chi connectivity index (χ0) is 28.9. The van der Waals surface area contributed by atoms with Gasteiger partial charge in [-0.1, -0.05) is 0 Å². The average Bonchev–Trinajstić information content (AvgIpc) is 3.62. The topological polar surface area (TPSA) is 147 Å². The highest BCUT2D eigenvalue weighted by molar-refractivity contribution is 9.10. The number of carbonyl (C=O) groups is 2. The second kappa shape index (κ2) is 13.4. The van der Waals surface area contributed by atoms with Crippen molar-refractivity contribution in [1.82, 2.24) is 29.7 Å². The third-order valence-corrected chi connectivity index (χ3v) is 9.66. The maximum atomic E-state index is 12.8. The van der Waals surface area contributed by atoms with E-state index in [0.29, 0.717) is 66.0 Å². The van der Waals surface area contributed by atoms with Crippen molar-refractivity contribution in [3.63, 3.8) is 0 Å². The van der Waals surface area contributed by atoms with Crippen molar-refractivity contribution in [2.75, 3.05) is 44.7 Å². The van der Waals surface area contributed by atoms with Gasteiger partial charge in [-0.3, -0.25) is 0 Å². The number of benzene rings is 1. The zero-order valence-corrected chi connectivity index (χ0v) is 26.0. The van der Waals surface area contributed by atoms with Gasteiger partial charge in [-0.15, -0.1) is 0 Å². The molecule has 0 radical (unpaired) electrons. The number of nitrogens with two attached hydrogens (primary N) is 1. The van der Waals surface area contributed by atoms with E-state index < -0.39 is 12.0 Å². The van der Waals surface area contributed by atoms with Crippen LogP contribution in [0.3, 0.4) is 0 Å². The highest BCUT2D eigenvalue weighted by atomic mass is 79.9. The van der Waals surface area contributed by atoms with Gasteiger partial charge in [0.25, 0.3) is 0 Å². The van der Waals surface area contributed by atoms with Crippen LogP contribution in [0.5, 0.6) is 11.5 Å². The van der Waals surface area contributed by atoms with Gasteiger partial charge in [-0.05, 0) is 83.4 Å². The molecule has 0 unspecified atom stereocenters. The van der Waals surface area contributed by atoms with Crippen LogP contribution < -0.4 is 20.5 Å². The van der Waals surface area contributed by atoms with E-state index >= 15 is 0 Å². The van der Waals surface area contributed by atoms with Crippen molar-refractivity contribution in [3.05, 3.63) is 22.9 Å². The quantitative estimate of drug-likeness (QED) is 0.302. The Morgan fingerprint density at radius 2 is 2.00 bits per heavy atom. The Kier molecular flexibility index (Phi) is 9.65. The second-order valence-corrected chi connectivity index (χ2v) is 12.6. The summed E-state index contributed by atoms with van der Waals surface area (Å²) in [4.78, 5) is 41.3. The first kappa shape index (κ1) is 29.6. The van der Waals surface area contributed by atoms with Crippen LogP contribution >= 0.6 is 39.5 Å². The number of urea groups is 1. The van der Waals surface area contributed by atoms with Crippen LogP contribution in [0.4, 0.5) is 10.6 Å². The van der Waals surface area contributed by atoms with Crippen LogP contribution in [0.1, 0.15) is 25.7 Å². The van der Waals surface area contributed by atoms with Gasteiger partial charge in [0.05, 0.1) is 13.4 Å². The van der Waals surface area contributed by atoms with Crippen molar-refractivity contribution in [1.29, 1.82) is 0 Å². The number of esters is 1. The molecule has 4 aliphatic heterocycles. The van der Waals surface area contributed by atoms with Gasteiger partial charge in [0.15, 0.2) is 34.0 Å². The number of halogens is 1. The van der Waals surface area contributed by atoms with E-state index in [0.717, 1.165) is 34.4 Å². The molecule has 0 aromatic heterocycles. The number of hydrogen-bond donors (Lipinski definition) is 2. The van der Waals surface area contributed by atoms with Crippen molar-refractivity contribution < 1.29 is 23.8 Å². The summed E-state index contributed by atoms with van der Waals surface area (Å²) in [6.45, 7) is 2.17. The minimum absolute atomic E-state index is 0.204. The van der Waals surface area contributed by atoms with Crippen LogP contribution in [0.25, 0.3) is 11.5 Å². The molecule has 15 heteroatoms. The predicted molar refractivity (Wildman–Crippen MR) is 159 cm³/mol. The molecule has 5 rings (SSSR count). The van der Waals surface area contributed by atoms with Gasteiger partial charge < -0.3 is 34.7 Å². The van der Waals surface area contributed by atoms with Crippen molar-refractivity contribution in [2.45, 2.75) is 48.3 Å². The van der Waals surface area contributed by atoms with E-state index in [9.17, 15) is 9.59 Å². The van der Waals surface area contributed by atoms with Crippen LogP contribution in [-0.2, 0) is 16.1 Å². The number of carbonyl (C=O) groups excluding carboxylic acids is 2. The van der Waals surface area contributed by atoms with Crippen LogP contribution in [0, 0.1) is 5.92 Å². The standard InChI is InChI=1S/C26H32BrN7O5S2/c1-37-24(35)17(6-10-40-2)30-26(36)33-7-3-15(4-8-33)5-9-34-13-29-22(28)21-23(34)32-25(31-21)41-20-12-19-18(11-16(20)27)38-14-39-19/h11-13,15,17H,3-10,14,28H2,1-2H3,(H,30,36)/t17-/m0/s1. The number of nitrogen functional groups attached to an aromatic ring is 1. The average molecular weight is 667 g/mol. The SMILES string of the molecule is COC(=O)[C@H](CCSC)NC(=O)N1CCC(CCn2cnc(N)c3nc(Sc4cc5c(cc4Br)OCO5)nc2-3)CC1. The number of methoxy groups -OCH3 is 1. The molecule has 4 heterocycles. The number of likely N-dealkylation sites (tertiary alicyclic amines) is 1. The molecule has 1 atom stereocenters. The molecular formula is C26H32BrN7O5S2. The van der Waals surface area contributed by atoms with E-state index in [-0.39, 0.29) is 12.8 Å². The first-order valence-electron chi connectivity index (χ1n) is 13.2. The number of amides is 2.